The van der Waals surface area contributed by atoms with E-state index in [1.165, 1.54) is 12.3 Å². The molecule has 2 aliphatic carbocycles. The molecule has 0 spiro atoms. The van der Waals surface area contributed by atoms with E-state index in [-0.39, 0.29) is 28.9 Å². The summed E-state index contributed by atoms with van der Waals surface area (Å²) < 4.78 is 0. The molecule has 0 radical (unpaired) electrons. The number of carboxylic acid groups (broad SMARTS) is 1. The summed E-state index contributed by atoms with van der Waals surface area (Å²) in [4.78, 5) is 27.4. The van der Waals surface area contributed by atoms with Crippen molar-refractivity contribution in [3.05, 3.63) is 29.0 Å². The van der Waals surface area contributed by atoms with Gasteiger partial charge in [0.1, 0.15) is 5.15 Å². The Labute approximate surface area is 121 Å². The van der Waals surface area contributed by atoms with E-state index < -0.39 is 11.9 Å². The number of aliphatic carboxylic acids is 1. The lowest BCUT2D eigenvalue weighted by atomic mass is 9.84. The molecule has 0 saturated heterocycles. The average molecular weight is 295 g/mol. The van der Waals surface area contributed by atoms with Gasteiger partial charge in [-0.25, -0.2) is 4.98 Å². The number of rotatable bonds is 3. The number of fused-ring (bicyclic) bond motifs is 2. The molecule has 1 amide bonds. The molecule has 0 aromatic carbocycles. The van der Waals surface area contributed by atoms with Gasteiger partial charge >= 0.3 is 5.97 Å². The molecule has 2 bridgehead atoms. The Morgan fingerprint density at radius 3 is 2.80 bits per heavy atom. The van der Waals surface area contributed by atoms with E-state index in [0.717, 1.165) is 19.3 Å². The fourth-order valence-electron chi connectivity index (χ4n) is 3.63. The van der Waals surface area contributed by atoms with Crippen LogP contribution in [0, 0.1) is 17.8 Å². The number of carboxylic acids is 1. The fourth-order valence-corrected chi connectivity index (χ4v) is 3.81. The molecule has 2 saturated carbocycles. The van der Waals surface area contributed by atoms with Gasteiger partial charge in [0.2, 0.25) is 0 Å². The Morgan fingerprint density at radius 1 is 1.35 bits per heavy atom. The molecule has 5 nitrogen and oxygen atoms in total. The first kappa shape index (κ1) is 13.4. The van der Waals surface area contributed by atoms with Crippen LogP contribution in [0.25, 0.3) is 0 Å². The molecule has 20 heavy (non-hydrogen) atoms. The number of nitrogens with zero attached hydrogens (tertiary/aromatic N) is 1. The summed E-state index contributed by atoms with van der Waals surface area (Å²) in [7, 11) is 0. The van der Waals surface area contributed by atoms with Crippen LogP contribution in [0.15, 0.2) is 18.3 Å². The van der Waals surface area contributed by atoms with E-state index in [4.69, 9.17) is 11.6 Å². The van der Waals surface area contributed by atoms with E-state index in [1.54, 1.807) is 6.07 Å². The highest BCUT2D eigenvalue weighted by atomic mass is 35.5. The molecule has 3 rings (SSSR count). The number of carbonyl (C=O) groups is 2. The lowest BCUT2D eigenvalue weighted by molar-refractivity contribution is -0.144. The minimum absolute atomic E-state index is 0.198. The Balaban J connectivity index is 1.77. The van der Waals surface area contributed by atoms with Crippen molar-refractivity contribution in [2.45, 2.75) is 25.3 Å². The van der Waals surface area contributed by atoms with Crippen molar-refractivity contribution < 1.29 is 14.7 Å². The quantitative estimate of drug-likeness (QED) is 0.835. The van der Waals surface area contributed by atoms with Crippen LogP contribution in [0.4, 0.5) is 0 Å². The number of hydrogen-bond donors (Lipinski definition) is 2. The third-order valence-electron chi connectivity index (χ3n) is 4.49. The van der Waals surface area contributed by atoms with Gasteiger partial charge in [-0.2, -0.15) is 0 Å². The van der Waals surface area contributed by atoms with Gasteiger partial charge in [-0.05, 0) is 43.2 Å². The van der Waals surface area contributed by atoms with Crippen LogP contribution in [0.1, 0.15) is 29.6 Å². The first-order chi connectivity index (χ1) is 9.56. The second kappa shape index (κ2) is 5.05. The maximum Gasteiger partial charge on any atom is 0.308 e. The maximum absolute atomic E-state index is 12.2. The zero-order valence-corrected chi connectivity index (χ0v) is 11.5. The van der Waals surface area contributed by atoms with Crippen molar-refractivity contribution in [2.24, 2.45) is 17.8 Å². The number of aromatic nitrogens is 1. The highest BCUT2D eigenvalue weighted by Crippen LogP contribution is 2.48. The number of halogens is 1. The van der Waals surface area contributed by atoms with Crippen LogP contribution in [0.5, 0.6) is 0 Å². The lowest BCUT2D eigenvalue weighted by Gasteiger charge is -2.28. The first-order valence-electron chi connectivity index (χ1n) is 6.71. The van der Waals surface area contributed by atoms with Gasteiger partial charge in [-0.1, -0.05) is 11.6 Å². The Kier molecular flexibility index (Phi) is 3.38. The van der Waals surface area contributed by atoms with Gasteiger partial charge in [0.05, 0.1) is 5.92 Å². The van der Waals surface area contributed by atoms with Crippen LogP contribution in [-0.4, -0.2) is 28.0 Å². The highest BCUT2D eigenvalue weighted by Gasteiger charge is 2.51. The maximum atomic E-state index is 12.2. The van der Waals surface area contributed by atoms with E-state index in [2.05, 4.69) is 10.3 Å². The molecule has 1 aromatic rings. The minimum atomic E-state index is -0.810. The van der Waals surface area contributed by atoms with Gasteiger partial charge in [-0.15, -0.1) is 0 Å². The average Bonchev–Trinajstić information content (AvgIpc) is 2.99. The summed E-state index contributed by atoms with van der Waals surface area (Å²) in [6.07, 6.45) is 4.32. The Bertz CT molecular complexity index is 563. The number of carbonyl (C=O) groups excluding carboxylic acids is 1. The highest BCUT2D eigenvalue weighted by molar-refractivity contribution is 6.29. The summed E-state index contributed by atoms with van der Waals surface area (Å²) in [5, 5.41) is 12.5. The molecule has 1 aromatic heterocycles. The SMILES string of the molecule is O=C(NC1C2CCC(C2)C1C(=O)O)c1ccnc(Cl)c1. The molecular weight excluding hydrogens is 280 g/mol. The Hall–Kier alpha value is -1.62. The lowest BCUT2D eigenvalue weighted by Crippen LogP contribution is -2.46. The van der Waals surface area contributed by atoms with Crippen molar-refractivity contribution in [1.29, 1.82) is 0 Å². The smallest absolute Gasteiger partial charge is 0.308 e. The molecule has 2 fully saturated rings. The number of nitrogens with one attached hydrogen (secondary N) is 1. The number of pyridine rings is 1. The van der Waals surface area contributed by atoms with E-state index in [1.807, 2.05) is 0 Å². The van der Waals surface area contributed by atoms with Crippen molar-refractivity contribution in [3.8, 4) is 0 Å². The summed E-state index contributed by atoms with van der Waals surface area (Å²) >= 11 is 5.76. The number of amides is 1. The Morgan fingerprint density at radius 2 is 2.10 bits per heavy atom. The van der Waals surface area contributed by atoms with Crippen LogP contribution in [0.3, 0.4) is 0 Å². The largest absolute Gasteiger partial charge is 0.481 e. The molecule has 106 valence electrons. The standard InChI is InChI=1S/C14H15ClN2O3/c15-10-6-9(3-4-16-10)13(18)17-12-8-2-1-7(5-8)11(12)14(19)20/h3-4,6-8,11-12H,1-2,5H2,(H,17,18)(H,19,20). The third-order valence-corrected chi connectivity index (χ3v) is 4.69. The van der Waals surface area contributed by atoms with E-state index in [0.29, 0.717) is 5.56 Å². The summed E-state index contributed by atoms with van der Waals surface area (Å²) in [5.74, 6) is -1.07. The first-order valence-corrected chi connectivity index (χ1v) is 7.09. The topological polar surface area (TPSA) is 79.3 Å². The fraction of sp³-hybridized carbons (Fsp3) is 0.500. The molecular formula is C14H15ClN2O3. The van der Waals surface area contributed by atoms with Gasteiger partial charge in [-0.3, -0.25) is 9.59 Å². The molecule has 1 heterocycles. The molecule has 4 unspecified atom stereocenters. The predicted octanol–water partition coefficient (Wildman–Crippen LogP) is 1.96. The van der Waals surface area contributed by atoms with Gasteiger partial charge in [0.15, 0.2) is 0 Å². The second-order valence-corrected chi connectivity index (χ2v) is 5.95. The zero-order chi connectivity index (χ0) is 14.3. The van der Waals surface area contributed by atoms with Crippen molar-refractivity contribution >= 4 is 23.5 Å². The molecule has 6 heteroatoms. The van der Waals surface area contributed by atoms with Gasteiger partial charge in [0.25, 0.3) is 5.91 Å². The normalized spacial score (nSPS) is 31.2. The summed E-state index contributed by atoms with van der Waals surface area (Å²) in [6.45, 7) is 0. The molecule has 0 aliphatic heterocycles. The van der Waals surface area contributed by atoms with E-state index in [9.17, 15) is 14.7 Å². The van der Waals surface area contributed by atoms with Crippen molar-refractivity contribution in [1.82, 2.24) is 10.3 Å². The summed E-state index contributed by atoms with van der Waals surface area (Å²) in [6, 6.07) is 2.79. The van der Waals surface area contributed by atoms with Crippen LogP contribution < -0.4 is 5.32 Å². The zero-order valence-electron chi connectivity index (χ0n) is 10.8. The second-order valence-electron chi connectivity index (χ2n) is 5.56. The van der Waals surface area contributed by atoms with Crippen LogP contribution >= 0.6 is 11.6 Å². The molecule has 2 N–H and O–H groups in total. The molecule has 2 aliphatic rings. The minimum Gasteiger partial charge on any atom is -0.481 e. The van der Waals surface area contributed by atoms with Gasteiger partial charge < -0.3 is 10.4 Å². The predicted molar refractivity (Wildman–Crippen MR) is 72.5 cm³/mol. The summed E-state index contributed by atoms with van der Waals surface area (Å²) in [5.41, 5.74) is 0.414. The van der Waals surface area contributed by atoms with Crippen molar-refractivity contribution in [2.75, 3.05) is 0 Å². The van der Waals surface area contributed by atoms with Gasteiger partial charge in [0, 0.05) is 17.8 Å². The third kappa shape index (κ3) is 2.26. The molecule has 4 atom stereocenters. The van der Waals surface area contributed by atoms with Crippen molar-refractivity contribution in [3.63, 3.8) is 0 Å². The monoisotopic (exact) mass is 294 g/mol. The number of hydrogen-bond acceptors (Lipinski definition) is 3. The van der Waals surface area contributed by atoms with Crippen LogP contribution in [-0.2, 0) is 4.79 Å². The van der Waals surface area contributed by atoms with Crippen LogP contribution in [0.2, 0.25) is 5.15 Å². The van der Waals surface area contributed by atoms with E-state index >= 15 is 0 Å².